The number of nitrogens with zero attached hydrogens (tertiary/aromatic N) is 1. The van der Waals surface area contributed by atoms with Crippen molar-refractivity contribution >= 4 is 6.47 Å². The van der Waals surface area contributed by atoms with Gasteiger partial charge in [0.15, 0.2) is 0 Å². The summed E-state index contributed by atoms with van der Waals surface area (Å²) in [6.07, 6.45) is 1.51. The molecule has 0 heterocycles. The molecular formula is C6H9NO2. The van der Waals surface area contributed by atoms with Gasteiger partial charge >= 0.3 is 0 Å². The van der Waals surface area contributed by atoms with Gasteiger partial charge in [-0.2, -0.15) is 5.26 Å². The maximum absolute atomic E-state index is 9.29. The Morgan fingerprint density at radius 1 is 1.89 bits per heavy atom. The number of carbonyl (C=O) groups is 1. The molecule has 0 unspecified atom stereocenters. The maximum Gasteiger partial charge on any atom is 0.293 e. The molecule has 9 heavy (non-hydrogen) atoms. The van der Waals surface area contributed by atoms with E-state index in [1.165, 1.54) is 13.0 Å². The third-order valence-electron chi connectivity index (χ3n) is 0.282. The maximum atomic E-state index is 9.29. The summed E-state index contributed by atoms with van der Waals surface area (Å²) < 4.78 is 4.18. The van der Waals surface area contributed by atoms with Gasteiger partial charge < -0.3 is 4.74 Å². The minimum Gasteiger partial charge on any atom is -0.464 e. The Morgan fingerprint density at radius 2 is 2.33 bits per heavy atom. The van der Waals surface area contributed by atoms with Gasteiger partial charge in [-0.25, -0.2) is 0 Å². The summed E-state index contributed by atoms with van der Waals surface area (Å²) in [7, 11) is 0. The molecule has 0 saturated heterocycles. The van der Waals surface area contributed by atoms with Gasteiger partial charge in [0, 0.05) is 6.92 Å². The second kappa shape index (κ2) is 15.9. The first kappa shape index (κ1) is 10.6. The summed E-state index contributed by atoms with van der Waals surface area (Å²) >= 11 is 0. The Hall–Kier alpha value is -1.30. The van der Waals surface area contributed by atoms with E-state index < -0.39 is 0 Å². The van der Waals surface area contributed by atoms with Crippen LogP contribution in [0.15, 0.2) is 12.7 Å². The summed E-state index contributed by atoms with van der Waals surface area (Å²) in [5.41, 5.74) is 0. The molecule has 0 rings (SSSR count). The van der Waals surface area contributed by atoms with Crippen molar-refractivity contribution in [3.63, 3.8) is 0 Å². The Kier molecular flexibility index (Phi) is 18.8. The van der Waals surface area contributed by atoms with Crippen LogP contribution in [-0.2, 0) is 9.53 Å². The lowest BCUT2D eigenvalue weighted by molar-refractivity contribution is -0.127. The molecule has 0 aliphatic heterocycles. The minimum absolute atomic E-state index is 0.309. The zero-order chi connectivity index (χ0) is 7.54. The van der Waals surface area contributed by atoms with E-state index in [0.29, 0.717) is 13.1 Å². The standard InChI is InChI=1S/C4H6O2.C2H3N/c1-2-3-6-4-5;1-2-3/h2,4H,1,3H2;1H3. The fourth-order valence-electron chi connectivity index (χ4n) is 0.107. The van der Waals surface area contributed by atoms with E-state index >= 15 is 0 Å². The summed E-state index contributed by atoms with van der Waals surface area (Å²) in [6, 6.07) is 1.75. The SMILES string of the molecule is C=CCOC=O.CC#N. The average Bonchev–Trinajstić information content (AvgIpc) is 1.86. The lowest BCUT2D eigenvalue weighted by Gasteiger charge is -1.82. The smallest absolute Gasteiger partial charge is 0.293 e. The summed E-state index contributed by atoms with van der Waals surface area (Å²) in [5, 5.41) is 7.32. The van der Waals surface area contributed by atoms with Gasteiger partial charge in [0.25, 0.3) is 6.47 Å². The van der Waals surface area contributed by atoms with E-state index in [2.05, 4.69) is 11.3 Å². The van der Waals surface area contributed by atoms with Crippen molar-refractivity contribution in [2.24, 2.45) is 0 Å². The predicted molar refractivity (Wildman–Crippen MR) is 33.5 cm³/mol. The highest BCUT2D eigenvalue weighted by Gasteiger charge is 1.65. The number of ether oxygens (including phenoxy) is 1. The molecule has 0 spiro atoms. The highest BCUT2D eigenvalue weighted by molar-refractivity contribution is 5.37. The average molecular weight is 127 g/mol. The quantitative estimate of drug-likeness (QED) is 0.321. The normalized spacial score (nSPS) is 5.33. The lowest BCUT2D eigenvalue weighted by Crippen LogP contribution is -1.83. The molecule has 0 bridgehead atoms. The fraction of sp³-hybridized carbons (Fsp3) is 0.333. The van der Waals surface area contributed by atoms with Crippen molar-refractivity contribution in [3.8, 4) is 6.07 Å². The van der Waals surface area contributed by atoms with Gasteiger partial charge in [-0.15, -0.1) is 0 Å². The van der Waals surface area contributed by atoms with Crippen molar-refractivity contribution < 1.29 is 9.53 Å². The van der Waals surface area contributed by atoms with Gasteiger partial charge in [0.2, 0.25) is 0 Å². The Labute approximate surface area is 54.5 Å². The van der Waals surface area contributed by atoms with Crippen LogP contribution >= 0.6 is 0 Å². The molecule has 0 aliphatic carbocycles. The van der Waals surface area contributed by atoms with Crippen molar-refractivity contribution in [2.45, 2.75) is 6.92 Å². The van der Waals surface area contributed by atoms with Gasteiger partial charge in [0.05, 0.1) is 6.07 Å². The topological polar surface area (TPSA) is 50.1 Å². The largest absolute Gasteiger partial charge is 0.464 e. The van der Waals surface area contributed by atoms with Crippen molar-refractivity contribution in [2.75, 3.05) is 6.61 Å². The summed E-state index contributed by atoms with van der Waals surface area (Å²) in [4.78, 5) is 9.29. The number of rotatable bonds is 3. The molecule has 0 aromatic carbocycles. The van der Waals surface area contributed by atoms with Crippen LogP contribution in [-0.4, -0.2) is 13.1 Å². The van der Waals surface area contributed by atoms with Gasteiger partial charge in [-0.3, -0.25) is 4.79 Å². The van der Waals surface area contributed by atoms with Crippen LogP contribution in [0.1, 0.15) is 6.92 Å². The zero-order valence-electron chi connectivity index (χ0n) is 5.33. The van der Waals surface area contributed by atoms with E-state index in [4.69, 9.17) is 5.26 Å². The molecule has 0 aromatic heterocycles. The molecule has 0 aliphatic rings. The van der Waals surface area contributed by atoms with E-state index in [-0.39, 0.29) is 0 Å². The molecule has 0 atom stereocenters. The predicted octanol–water partition coefficient (Wildman–Crippen LogP) is 0.875. The second-order valence-electron chi connectivity index (χ2n) is 0.942. The summed E-state index contributed by atoms with van der Waals surface area (Å²) in [5.74, 6) is 0. The van der Waals surface area contributed by atoms with Crippen molar-refractivity contribution in [1.29, 1.82) is 5.26 Å². The van der Waals surface area contributed by atoms with Crippen LogP contribution in [0.2, 0.25) is 0 Å². The van der Waals surface area contributed by atoms with Crippen molar-refractivity contribution in [1.82, 2.24) is 0 Å². The van der Waals surface area contributed by atoms with Crippen LogP contribution in [0, 0.1) is 11.3 Å². The molecule has 0 amide bonds. The Bertz CT molecular complexity index is 96.1. The number of hydrogen-bond donors (Lipinski definition) is 0. The fourth-order valence-corrected chi connectivity index (χ4v) is 0.107. The third kappa shape index (κ3) is 51.2. The van der Waals surface area contributed by atoms with Crippen LogP contribution in [0.5, 0.6) is 0 Å². The first-order valence-corrected chi connectivity index (χ1v) is 2.30. The highest BCUT2D eigenvalue weighted by Crippen LogP contribution is 1.62. The molecule has 3 nitrogen and oxygen atoms in total. The third-order valence-corrected chi connectivity index (χ3v) is 0.282. The van der Waals surface area contributed by atoms with Crippen LogP contribution in [0.3, 0.4) is 0 Å². The molecule has 0 saturated carbocycles. The lowest BCUT2D eigenvalue weighted by atomic mass is 10.7. The van der Waals surface area contributed by atoms with Gasteiger partial charge in [-0.05, 0) is 0 Å². The van der Waals surface area contributed by atoms with E-state index in [1.54, 1.807) is 6.07 Å². The van der Waals surface area contributed by atoms with E-state index in [9.17, 15) is 4.79 Å². The molecule has 50 valence electrons. The molecule has 0 N–H and O–H groups in total. The first-order chi connectivity index (χ1) is 4.33. The number of nitriles is 1. The second-order valence-corrected chi connectivity index (χ2v) is 0.942. The zero-order valence-corrected chi connectivity index (χ0v) is 5.33. The Balaban J connectivity index is 0. The van der Waals surface area contributed by atoms with Crippen molar-refractivity contribution in [3.05, 3.63) is 12.7 Å². The molecular weight excluding hydrogens is 118 g/mol. The molecule has 0 fully saturated rings. The number of hydrogen-bond acceptors (Lipinski definition) is 3. The minimum atomic E-state index is 0.309. The van der Waals surface area contributed by atoms with Crippen LogP contribution in [0.25, 0.3) is 0 Å². The van der Waals surface area contributed by atoms with Gasteiger partial charge in [0.1, 0.15) is 6.61 Å². The Morgan fingerprint density at radius 3 is 2.44 bits per heavy atom. The highest BCUT2D eigenvalue weighted by atomic mass is 16.5. The van der Waals surface area contributed by atoms with Crippen LogP contribution < -0.4 is 0 Å². The number of carbonyl (C=O) groups excluding carboxylic acids is 1. The van der Waals surface area contributed by atoms with Crippen LogP contribution in [0.4, 0.5) is 0 Å². The molecule has 0 radical (unpaired) electrons. The monoisotopic (exact) mass is 127 g/mol. The molecule has 0 aromatic rings. The van der Waals surface area contributed by atoms with E-state index in [1.807, 2.05) is 0 Å². The molecule has 3 heteroatoms. The van der Waals surface area contributed by atoms with Gasteiger partial charge in [-0.1, -0.05) is 12.7 Å². The van der Waals surface area contributed by atoms with E-state index in [0.717, 1.165) is 0 Å². The first-order valence-electron chi connectivity index (χ1n) is 2.30. The summed E-state index contributed by atoms with van der Waals surface area (Å²) in [6.45, 7) is 5.44.